The fraction of sp³-hybridized carbons (Fsp3) is 0.240. The molecule has 4 aromatic rings. The first-order valence-electron chi connectivity index (χ1n) is 10.4. The number of carbonyl (C=O) groups excluding carboxylic acids is 2. The van der Waals surface area contributed by atoms with E-state index in [1.807, 2.05) is 50.2 Å². The van der Waals surface area contributed by atoms with Crippen molar-refractivity contribution in [1.29, 1.82) is 5.26 Å². The first-order chi connectivity index (χ1) is 15.8. The molecule has 0 atom stereocenters. The van der Waals surface area contributed by atoms with Crippen molar-refractivity contribution in [3.63, 3.8) is 0 Å². The second-order valence-corrected chi connectivity index (χ2v) is 9.20. The van der Waals surface area contributed by atoms with Crippen LogP contribution in [-0.2, 0) is 9.47 Å². The average Bonchev–Trinajstić information content (AvgIpc) is 3.34. The zero-order chi connectivity index (χ0) is 24.1. The van der Waals surface area contributed by atoms with Gasteiger partial charge in [0.1, 0.15) is 15.8 Å². The van der Waals surface area contributed by atoms with E-state index in [1.54, 1.807) is 13.8 Å². The van der Waals surface area contributed by atoms with Gasteiger partial charge in [-0.25, -0.2) is 9.59 Å². The van der Waals surface area contributed by atoms with Crippen LogP contribution in [0.4, 0.5) is 5.69 Å². The number of aryl methyl sites for hydroxylation is 2. The van der Waals surface area contributed by atoms with Crippen molar-refractivity contribution in [2.24, 2.45) is 0 Å². The third-order valence-electron chi connectivity index (χ3n) is 4.92. The van der Waals surface area contributed by atoms with Gasteiger partial charge in [0.05, 0.1) is 24.5 Å². The van der Waals surface area contributed by atoms with Crippen LogP contribution in [0.1, 0.15) is 49.9 Å². The first kappa shape index (κ1) is 24.2. The molecule has 0 amide bonds. The van der Waals surface area contributed by atoms with Crippen LogP contribution in [0.2, 0.25) is 0 Å². The van der Waals surface area contributed by atoms with Crippen LogP contribution in [0.25, 0.3) is 20.2 Å². The maximum atomic E-state index is 11.7. The fourth-order valence-corrected chi connectivity index (χ4v) is 5.68. The average molecular weight is 481 g/mol. The Morgan fingerprint density at radius 3 is 1.88 bits per heavy atom. The van der Waals surface area contributed by atoms with Gasteiger partial charge in [-0.15, -0.1) is 22.7 Å². The Hall–Kier alpha value is -3.41. The van der Waals surface area contributed by atoms with E-state index in [-0.39, 0.29) is 5.97 Å². The summed E-state index contributed by atoms with van der Waals surface area (Å²) in [5.41, 5.74) is 9.04. The van der Waals surface area contributed by atoms with Crippen LogP contribution in [0, 0.1) is 25.2 Å². The van der Waals surface area contributed by atoms with Crippen LogP contribution >= 0.6 is 22.7 Å². The van der Waals surface area contributed by atoms with Crippen molar-refractivity contribution in [2.45, 2.75) is 27.7 Å². The van der Waals surface area contributed by atoms with Gasteiger partial charge in [-0.1, -0.05) is 24.3 Å². The third-order valence-corrected chi connectivity index (χ3v) is 7.20. The van der Waals surface area contributed by atoms with Gasteiger partial charge in [0, 0.05) is 20.2 Å². The van der Waals surface area contributed by atoms with Crippen LogP contribution in [0.15, 0.2) is 36.4 Å². The summed E-state index contributed by atoms with van der Waals surface area (Å²) >= 11 is 2.70. The quantitative estimate of drug-likeness (QED) is 0.348. The summed E-state index contributed by atoms with van der Waals surface area (Å²) in [4.78, 5) is 24.3. The van der Waals surface area contributed by atoms with Gasteiger partial charge in [-0.05, 0) is 51.0 Å². The van der Waals surface area contributed by atoms with Crippen LogP contribution in [0.3, 0.4) is 0 Å². The molecule has 0 aliphatic rings. The molecule has 33 heavy (non-hydrogen) atoms. The van der Waals surface area contributed by atoms with E-state index in [0.29, 0.717) is 34.2 Å². The second kappa shape index (κ2) is 10.5. The minimum Gasteiger partial charge on any atom is -0.462 e. The number of anilines is 1. The number of ether oxygens (including phenoxy) is 2. The molecule has 170 valence electrons. The maximum absolute atomic E-state index is 11.7. The normalized spacial score (nSPS) is 10.4. The zero-order valence-corrected chi connectivity index (χ0v) is 20.5. The van der Waals surface area contributed by atoms with Crippen molar-refractivity contribution >= 4 is 60.5 Å². The standard InChI is InChI=1S/C13H11NO2S.C12H13NO2S/c1-3-16-13(15)12-9(7-14)11-8(2)5-4-6-10(11)17-12;1-3-15-12(14)11-10(13)9-7(2)5-4-6-8(9)16-11/h4-6H,3H2,1-2H3;4-6H,3,13H2,1-2H3. The summed E-state index contributed by atoms with van der Waals surface area (Å²) < 4.78 is 11.9. The lowest BCUT2D eigenvalue weighted by molar-refractivity contribution is 0.0523. The van der Waals surface area contributed by atoms with Gasteiger partial charge in [-0.3, -0.25) is 0 Å². The Balaban J connectivity index is 0.000000186. The van der Waals surface area contributed by atoms with E-state index < -0.39 is 5.97 Å². The van der Waals surface area contributed by atoms with Crippen molar-refractivity contribution in [1.82, 2.24) is 0 Å². The number of nitrogens with two attached hydrogens (primary N) is 1. The van der Waals surface area contributed by atoms with E-state index in [9.17, 15) is 14.9 Å². The number of rotatable bonds is 4. The Morgan fingerprint density at radius 2 is 1.36 bits per heavy atom. The van der Waals surface area contributed by atoms with E-state index in [0.717, 1.165) is 31.3 Å². The van der Waals surface area contributed by atoms with Crippen molar-refractivity contribution < 1.29 is 19.1 Å². The molecule has 0 fully saturated rings. The van der Waals surface area contributed by atoms with E-state index in [4.69, 9.17) is 15.2 Å². The molecule has 0 saturated carbocycles. The van der Waals surface area contributed by atoms with Gasteiger partial charge in [-0.2, -0.15) is 5.26 Å². The highest BCUT2D eigenvalue weighted by molar-refractivity contribution is 7.21. The largest absolute Gasteiger partial charge is 0.462 e. The highest BCUT2D eigenvalue weighted by Gasteiger charge is 2.20. The SMILES string of the molecule is CCOC(=O)c1sc2cccc(C)c2c1C#N.CCOC(=O)c1sc2cccc(C)c2c1N. The topological polar surface area (TPSA) is 102 Å². The lowest BCUT2D eigenvalue weighted by Crippen LogP contribution is -2.04. The summed E-state index contributed by atoms with van der Waals surface area (Å²) in [6.07, 6.45) is 0. The monoisotopic (exact) mass is 480 g/mol. The first-order valence-corrected chi connectivity index (χ1v) is 12.0. The predicted octanol–water partition coefficient (Wildman–Crippen LogP) is 6.23. The number of esters is 2. The number of benzene rings is 2. The molecule has 0 aliphatic heterocycles. The minimum absolute atomic E-state index is 0.316. The number of nitrogen functional groups attached to an aromatic ring is 1. The number of carbonyl (C=O) groups is 2. The summed E-state index contributed by atoms with van der Waals surface area (Å²) in [5, 5.41) is 11.0. The van der Waals surface area contributed by atoms with Crippen LogP contribution < -0.4 is 5.73 Å². The number of nitrogens with zero attached hydrogens (tertiary/aromatic N) is 1. The Bertz CT molecular complexity index is 1380. The molecular formula is C25H24N2O4S2. The third kappa shape index (κ3) is 4.85. The summed E-state index contributed by atoms with van der Waals surface area (Å²) in [7, 11) is 0. The van der Waals surface area contributed by atoms with Crippen molar-refractivity contribution in [3.05, 3.63) is 62.8 Å². The van der Waals surface area contributed by atoms with Crippen molar-refractivity contribution in [2.75, 3.05) is 18.9 Å². The summed E-state index contributed by atoms with van der Waals surface area (Å²) in [6.45, 7) is 8.14. The molecule has 0 saturated heterocycles. The van der Waals surface area contributed by atoms with Gasteiger partial charge >= 0.3 is 11.9 Å². The minimum atomic E-state index is -0.412. The Morgan fingerprint density at radius 1 is 0.879 bits per heavy atom. The molecule has 6 nitrogen and oxygen atoms in total. The molecule has 2 N–H and O–H groups in total. The molecule has 0 radical (unpaired) electrons. The van der Waals surface area contributed by atoms with E-state index in [1.165, 1.54) is 22.7 Å². The molecule has 2 aromatic carbocycles. The number of hydrogen-bond donors (Lipinski definition) is 1. The highest BCUT2D eigenvalue weighted by atomic mass is 32.1. The molecule has 2 aromatic heterocycles. The second-order valence-electron chi connectivity index (χ2n) is 7.10. The van der Waals surface area contributed by atoms with Crippen LogP contribution in [0.5, 0.6) is 0 Å². The number of thiophene rings is 2. The summed E-state index contributed by atoms with van der Waals surface area (Å²) in [5.74, 6) is -0.745. The molecule has 8 heteroatoms. The fourth-order valence-electron chi connectivity index (χ4n) is 3.47. The lowest BCUT2D eigenvalue weighted by atomic mass is 10.1. The maximum Gasteiger partial charge on any atom is 0.350 e. The molecule has 0 spiro atoms. The smallest absolute Gasteiger partial charge is 0.350 e. The van der Waals surface area contributed by atoms with Gasteiger partial charge in [0.2, 0.25) is 0 Å². The Labute approximate surface area is 200 Å². The number of fused-ring (bicyclic) bond motifs is 2. The van der Waals surface area contributed by atoms with Crippen molar-refractivity contribution in [3.8, 4) is 6.07 Å². The number of nitriles is 1. The van der Waals surface area contributed by atoms with Crippen LogP contribution in [-0.4, -0.2) is 25.2 Å². The molecular weight excluding hydrogens is 456 g/mol. The Kier molecular flexibility index (Phi) is 7.69. The molecule has 4 rings (SSSR count). The predicted molar refractivity (Wildman–Crippen MR) is 134 cm³/mol. The van der Waals surface area contributed by atoms with E-state index >= 15 is 0 Å². The van der Waals surface area contributed by atoms with Gasteiger partial charge in [0.25, 0.3) is 0 Å². The molecule has 0 unspecified atom stereocenters. The lowest BCUT2D eigenvalue weighted by Gasteiger charge is -2.00. The van der Waals surface area contributed by atoms with Gasteiger partial charge in [0.15, 0.2) is 0 Å². The van der Waals surface area contributed by atoms with E-state index in [2.05, 4.69) is 6.07 Å². The highest BCUT2D eigenvalue weighted by Crippen LogP contribution is 2.36. The number of hydrogen-bond acceptors (Lipinski definition) is 8. The zero-order valence-electron chi connectivity index (χ0n) is 18.9. The molecule has 0 bridgehead atoms. The van der Waals surface area contributed by atoms with Gasteiger partial charge < -0.3 is 15.2 Å². The molecule has 0 aliphatic carbocycles. The molecule has 2 heterocycles. The summed E-state index contributed by atoms with van der Waals surface area (Å²) in [6, 6.07) is 13.8.